The lowest BCUT2D eigenvalue weighted by Crippen LogP contribution is -2.34. The smallest absolute Gasteiger partial charge is 0.0237 e. The molecule has 0 saturated heterocycles. The molecule has 0 spiro atoms. The van der Waals surface area contributed by atoms with Gasteiger partial charge in [-0.05, 0) is 5.56 Å². The molecule has 3 nitrogen and oxygen atoms in total. The second-order valence-corrected chi connectivity index (χ2v) is 4.05. The summed E-state index contributed by atoms with van der Waals surface area (Å²) in [5, 5.41) is 3.31. The van der Waals surface area contributed by atoms with Gasteiger partial charge in [-0.15, -0.1) is 6.58 Å². The van der Waals surface area contributed by atoms with Crippen molar-refractivity contribution >= 4 is 0 Å². The van der Waals surface area contributed by atoms with Crippen molar-refractivity contribution in [1.29, 1.82) is 0 Å². The Hall–Kier alpha value is -1.16. The van der Waals surface area contributed by atoms with Crippen LogP contribution in [0.2, 0.25) is 0 Å². The summed E-state index contributed by atoms with van der Waals surface area (Å²) < 4.78 is 0. The van der Waals surface area contributed by atoms with Crippen LogP contribution in [-0.4, -0.2) is 37.6 Å². The molecule has 0 amide bonds. The Kier molecular flexibility index (Phi) is 7.30. The largest absolute Gasteiger partial charge is 0.329 e. The molecule has 0 aliphatic heterocycles. The number of hydrogen-bond acceptors (Lipinski definition) is 3. The third kappa shape index (κ3) is 6.22. The maximum atomic E-state index is 5.44. The van der Waals surface area contributed by atoms with Crippen LogP contribution in [0.4, 0.5) is 0 Å². The molecule has 0 aliphatic carbocycles. The van der Waals surface area contributed by atoms with E-state index in [4.69, 9.17) is 5.73 Å². The Morgan fingerprint density at radius 3 is 2.65 bits per heavy atom. The average molecular weight is 233 g/mol. The van der Waals surface area contributed by atoms with Gasteiger partial charge in [-0.2, -0.15) is 0 Å². The number of rotatable bonds is 9. The van der Waals surface area contributed by atoms with E-state index >= 15 is 0 Å². The zero-order valence-corrected chi connectivity index (χ0v) is 10.4. The van der Waals surface area contributed by atoms with Crippen LogP contribution in [0.1, 0.15) is 5.56 Å². The van der Waals surface area contributed by atoms with Crippen molar-refractivity contribution in [2.24, 2.45) is 5.73 Å². The molecule has 0 radical (unpaired) electrons. The van der Waals surface area contributed by atoms with E-state index < -0.39 is 0 Å². The van der Waals surface area contributed by atoms with Gasteiger partial charge in [-0.25, -0.2) is 0 Å². The van der Waals surface area contributed by atoms with Crippen LogP contribution in [0.15, 0.2) is 43.0 Å². The van der Waals surface area contributed by atoms with Crippen molar-refractivity contribution in [3.05, 3.63) is 48.6 Å². The SMILES string of the molecule is C=CCN(CCNCCN)Cc1ccccc1. The van der Waals surface area contributed by atoms with Gasteiger partial charge in [-0.1, -0.05) is 36.4 Å². The van der Waals surface area contributed by atoms with Crippen LogP contribution in [0, 0.1) is 0 Å². The van der Waals surface area contributed by atoms with E-state index in [-0.39, 0.29) is 0 Å². The fourth-order valence-corrected chi connectivity index (χ4v) is 1.72. The maximum absolute atomic E-state index is 5.44. The quantitative estimate of drug-likeness (QED) is 0.498. The number of nitrogens with two attached hydrogens (primary N) is 1. The number of nitrogens with one attached hydrogen (secondary N) is 1. The molecule has 0 fully saturated rings. The molecular weight excluding hydrogens is 210 g/mol. The first kappa shape index (κ1) is 13.9. The third-order valence-corrected chi connectivity index (χ3v) is 2.56. The summed E-state index contributed by atoms with van der Waals surface area (Å²) in [5.41, 5.74) is 6.78. The van der Waals surface area contributed by atoms with Crippen LogP contribution in [0.25, 0.3) is 0 Å². The highest BCUT2D eigenvalue weighted by Gasteiger charge is 2.03. The zero-order chi connectivity index (χ0) is 12.3. The van der Waals surface area contributed by atoms with Gasteiger partial charge in [-0.3, -0.25) is 4.90 Å². The van der Waals surface area contributed by atoms with E-state index in [1.807, 2.05) is 12.1 Å². The molecule has 1 aromatic rings. The summed E-state index contributed by atoms with van der Waals surface area (Å²) >= 11 is 0. The van der Waals surface area contributed by atoms with Crippen molar-refractivity contribution in [1.82, 2.24) is 10.2 Å². The van der Waals surface area contributed by atoms with Crippen LogP contribution in [-0.2, 0) is 6.54 Å². The molecule has 0 saturated carbocycles. The molecule has 0 atom stereocenters. The second kappa shape index (κ2) is 8.93. The highest BCUT2D eigenvalue weighted by molar-refractivity contribution is 5.14. The molecule has 0 aliphatic rings. The Labute approximate surface area is 104 Å². The highest BCUT2D eigenvalue weighted by atomic mass is 15.1. The minimum atomic E-state index is 0.695. The fourth-order valence-electron chi connectivity index (χ4n) is 1.72. The first-order valence-corrected chi connectivity index (χ1v) is 6.14. The summed E-state index contributed by atoms with van der Waals surface area (Å²) in [6.45, 7) is 9.25. The minimum absolute atomic E-state index is 0.695. The Morgan fingerprint density at radius 1 is 1.24 bits per heavy atom. The van der Waals surface area contributed by atoms with Gasteiger partial charge in [0.05, 0.1) is 0 Å². The molecule has 0 bridgehead atoms. The number of hydrogen-bond donors (Lipinski definition) is 2. The van der Waals surface area contributed by atoms with Crippen molar-refractivity contribution < 1.29 is 0 Å². The summed E-state index contributed by atoms with van der Waals surface area (Å²) in [6, 6.07) is 10.5. The summed E-state index contributed by atoms with van der Waals surface area (Å²) in [6.07, 6.45) is 1.95. The van der Waals surface area contributed by atoms with Crippen molar-refractivity contribution in [2.75, 3.05) is 32.7 Å². The summed E-state index contributed by atoms with van der Waals surface area (Å²) in [7, 11) is 0. The second-order valence-electron chi connectivity index (χ2n) is 4.05. The fraction of sp³-hybridized carbons (Fsp3) is 0.429. The van der Waals surface area contributed by atoms with Crippen molar-refractivity contribution in [3.8, 4) is 0 Å². The Balaban J connectivity index is 2.35. The highest BCUT2D eigenvalue weighted by Crippen LogP contribution is 2.03. The zero-order valence-electron chi connectivity index (χ0n) is 10.4. The predicted octanol–water partition coefficient (Wildman–Crippen LogP) is 1.22. The van der Waals surface area contributed by atoms with Crippen molar-refractivity contribution in [2.45, 2.75) is 6.54 Å². The maximum Gasteiger partial charge on any atom is 0.0237 e. The van der Waals surface area contributed by atoms with Gasteiger partial charge in [0.15, 0.2) is 0 Å². The van der Waals surface area contributed by atoms with Gasteiger partial charge in [0.25, 0.3) is 0 Å². The van der Waals surface area contributed by atoms with Gasteiger partial charge >= 0.3 is 0 Å². The van der Waals surface area contributed by atoms with Gasteiger partial charge in [0.1, 0.15) is 0 Å². The van der Waals surface area contributed by atoms with Crippen molar-refractivity contribution in [3.63, 3.8) is 0 Å². The molecule has 17 heavy (non-hydrogen) atoms. The van der Waals surface area contributed by atoms with Crippen LogP contribution >= 0.6 is 0 Å². The van der Waals surface area contributed by atoms with Gasteiger partial charge < -0.3 is 11.1 Å². The summed E-state index contributed by atoms with van der Waals surface area (Å²) in [4.78, 5) is 2.37. The molecule has 1 rings (SSSR count). The molecule has 1 aromatic carbocycles. The predicted molar refractivity (Wildman–Crippen MR) is 73.8 cm³/mol. The normalized spacial score (nSPS) is 10.7. The lowest BCUT2D eigenvalue weighted by atomic mass is 10.2. The topological polar surface area (TPSA) is 41.3 Å². The van der Waals surface area contributed by atoms with E-state index in [0.29, 0.717) is 6.54 Å². The Bertz CT molecular complexity index is 298. The molecule has 94 valence electrons. The monoisotopic (exact) mass is 233 g/mol. The standard InChI is InChI=1S/C14H23N3/c1-2-11-17(12-10-16-9-8-15)13-14-6-4-3-5-7-14/h2-7,16H,1,8-13,15H2. The summed E-state index contributed by atoms with van der Waals surface area (Å²) in [5.74, 6) is 0. The third-order valence-electron chi connectivity index (χ3n) is 2.56. The first-order valence-electron chi connectivity index (χ1n) is 6.14. The Morgan fingerprint density at radius 2 is 2.00 bits per heavy atom. The lowest BCUT2D eigenvalue weighted by molar-refractivity contribution is 0.294. The number of nitrogens with zero attached hydrogens (tertiary/aromatic N) is 1. The molecule has 3 heteroatoms. The minimum Gasteiger partial charge on any atom is -0.329 e. The van der Waals surface area contributed by atoms with E-state index in [9.17, 15) is 0 Å². The van der Waals surface area contributed by atoms with E-state index in [0.717, 1.165) is 32.7 Å². The average Bonchev–Trinajstić information content (AvgIpc) is 2.36. The van der Waals surface area contributed by atoms with Crippen LogP contribution in [0.3, 0.4) is 0 Å². The van der Waals surface area contributed by atoms with Crippen LogP contribution < -0.4 is 11.1 Å². The van der Waals surface area contributed by atoms with E-state index in [1.54, 1.807) is 0 Å². The van der Waals surface area contributed by atoms with Gasteiger partial charge in [0.2, 0.25) is 0 Å². The molecule has 0 heterocycles. The van der Waals surface area contributed by atoms with E-state index in [1.165, 1.54) is 5.56 Å². The van der Waals surface area contributed by atoms with E-state index in [2.05, 4.69) is 41.1 Å². The first-order chi connectivity index (χ1) is 8.36. The molecular formula is C14H23N3. The molecule has 0 unspecified atom stereocenters. The molecule has 0 aromatic heterocycles. The number of benzene rings is 1. The van der Waals surface area contributed by atoms with Crippen LogP contribution in [0.5, 0.6) is 0 Å². The van der Waals surface area contributed by atoms with Gasteiger partial charge in [0, 0.05) is 39.3 Å². The lowest BCUT2D eigenvalue weighted by Gasteiger charge is -2.20. The molecule has 3 N–H and O–H groups in total.